The molecule has 0 spiro atoms. The van der Waals surface area contributed by atoms with E-state index in [0.29, 0.717) is 29.9 Å². The van der Waals surface area contributed by atoms with Crippen LogP contribution in [0.15, 0.2) is 47.1 Å². The predicted octanol–water partition coefficient (Wildman–Crippen LogP) is 4.55. The average molecular weight is 430 g/mol. The van der Waals surface area contributed by atoms with Crippen molar-refractivity contribution in [2.24, 2.45) is 0 Å². The van der Waals surface area contributed by atoms with Gasteiger partial charge >= 0.3 is 12.2 Å². The van der Waals surface area contributed by atoms with Crippen molar-refractivity contribution in [1.82, 2.24) is 9.88 Å². The summed E-state index contributed by atoms with van der Waals surface area (Å²) in [7, 11) is 0. The van der Waals surface area contributed by atoms with Crippen LogP contribution in [0.25, 0.3) is 0 Å². The maximum absolute atomic E-state index is 12.7. The molecule has 3 rings (SSSR count). The number of aromatic nitrogens is 1. The molecular weight excluding hydrogens is 415 g/mol. The summed E-state index contributed by atoms with van der Waals surface area (Å²) in [6.07, 6.45) is -2.47. The van der Waals surface area contributed by atoms with Gasteiger partial charge in [0.2, 0.25) is 5.88 Å². The lowest BCUT2D eigenvalue weighted by molar-refractivity contribution is -0.137. The minimum absolute atomic E-state index is 0.0988. The number of nitrogens with one attached hydrogen (secondary N) is 1. The molecular formula is C17H15BrF3N3O2. The SMILES string of the molecule is O=C(Nc1cccc(C(F)(F)F)c1)N1CCC(Oc2ncccc2Br)C1. The van der Waals surface area contributed by atoms with Crippen LogP contribution in [0.1, 0.15) is 12.0 Å². The number of hydrogen-bond acceptors (Lipinski definition) is 3. The van der Waals surface area contributed by atoms with Gasteiger partial charge in [0.05, 0.1) is 16.6 Å². The molecule has 0 radical (unpaired) electrons. The van der Waals surface area contributed by atoms with Crippen LogP contribution >= 0.6 is 15.9 Å². The third-order valence-electron chi connectivity index (χ3n) is 3.88. The molecule has 5 nitrogen and oxygen atoms in total. The van der Waals surface area contributed by atoms with Crippen LogP contribution in [0, 0.1) is 0 Å². The van der Waals surface area contributed by atoms with Crippen molar-refractivity contribution in [2.45, 2.75) is 18.7 Å². The number of urea groups is 1. The number of amides is 2. The molecule has 1 atom stereocenters. The van der Waals surface area contributed by atoms with Crippen molar-refractivity contribution < 1.29 is 22.7 Å². The second-order valence-corrected chi connectivity index (χ2v) is 6.63. The fraction of sp³-hybridized carbons (Fsp3) is 0.294. The van der Waals surface area contributed by atoms with Crippen LogP contribution in [0.3, 0.4) is 0 Å². The zero-order valence-electron chi connectivity index (χ0n) is 13.5. The highest BCUT2D eigenvalue weighted by Crippen LogP contribution is 2.31. The lowest BCUT2D eigenvalue weighted by atomic mass is 10.2. The van der Waals surface area contributed by atoms with Crippen LogP contribution < -0.4 is 10.1 Å². The van der Waals surface area contributed by atoms with Gasteiger partial charge in [-0.3, -0.25) is 0 Å². The fourth-order valence-electron chi connectivity index (χ4n) is 2.60. The molecule has 9 heteroatoms. The van der Waals surface area contributed by atoms with Crippen LogP contribution in [-0.2, 0) is 6.18 Å². The standard InChI is InChI=1S/C17H15BrF3N3O2/c18-14-5-2-7-22-15(14)26-13-6-8-24(10-13)16(25)23-12-4-1-3-11(9-12)17(19,20)21/h1-5,7,9,13H,6,8,10H2,(H,23,25). The molecule has 1 saturated heterocycles. The summed E-state index contributed by atoms with van der Waals surface area (Å²) in [6.45, 7) is 0.772. The van der Waals surface area contributed by atoms with Crippen molar-refractivity contribution in [1.29, 1.82) is 0 Å². The van der Waals surface area contributed by atoms with Crippen LogP contribution in [-0.4, -0.2) is 35.1 Å². The van der Waals surface area contributed by atoms with E-state index >= 15 is 0 Å². The topological polar surface area (TPSA) is 54.5 Å². The molecule has 2 aromatic rings. The number of ether oxygens (including phenoxy) is 1. The summed E-state index contributed by atoms with van der Waals surface area (Å²) in [5.74, 6) is 0.442. The average Bonchev–Trinajstić information content (AvgIpc) is 3.05. The summed E-state index contributed by atoms with van der Waals surface area (Å²) >= 11 is 3.34. The highest BCUT2D eigenvalue weighted by atomic mass is 79.9. The molecule has 1 aromatic heterocycles. The summed E-state index contributed by atoms with van der Waals surface area (Å²) in [5, 5.41) is 2.50. The number of hydrogen-bond donors (Lipinski definition) is 1. The second kappa shape index (κ2) is 7.53. The van der Waals surface area contributed by atoms with Gasteiger partial charge in [0.25, 0.3) is 0 Å². The molecule has 2 heterocycles. The molecule has 1 N–H and O–H groups in total. The van der Waals surface area contributed by atoms with Gasteiger partial charge in [-0.25, -0.2) is 9.78 Å². The third kappa shape index (κ3) is 4.46. The summed E-state index contributed by atoms with van der Waals surface area (Å²) in [5.41, 5.74) is -0.709. The molecule has 1 unspecified atom stereocenters. The number of alkyl halides is 3. The van der Waals surface area contributed by atoms with Crippen LogP contribution in [0.5, 0.6) is 5.88 Å². The number of rotatable bonds is 3. The van der Waals surface area contributed by atoms with Crippen LogP contribution in [0.4, 0.5) is 23.7 Å². The zero-order chi connectivity index (χ0) is 18.7. The van der Waals surface area contributed by atoms with Crippen molar-refractivity contribution in [2.75, 3.05) is 18.4 Å². The first kappa shape index (κ1) is 18.5. The molecule has 138 valence electrons. The van der Waals surface area contributed by atoms with Crippen LogP contribution in [0.2, 0.25) is 0 Å². The number of nitrogens with zero attached hydrogens (tertiary/aromatic N) is 2. The smallest absolute Gasteiger partial charge is 0.416 e. The first-order valence-electron chi connectivity index (χ1n) is 7.83. The van der Waals surface area contributed by atoms with E-state index in [9.17, 15) is 18.0 Å². The minimum atomic E-state index is -4.45. The number of halogens is 4. The van der Waals surface area contributed by atoms with E-state index in [1.54, 1.807) is 18.3 Å². The van der Waals surface area contributed by atoms with Gasteiger partial charge in [-0.05, 0) is 46.3 Å². The first-order valence-corrected chi connectivity index (χ1v) is 8.62. The lowest BCUT2D eigenvalue weighted by Crippen LogP contribution is -2.34. The number of carbonyl (C=O) groups excluding carboxylic acids is 1. The minimum Gasteiger partial charge on any atom is -0.472 e. The van der Waals surface area contributed by atoms with Crippen molar-refractivity contribution in [3.05, 3.63) is 52.6 Å². The lowest BCUT2D eigenvalue weighted by Gasteiger charge is -2.18. The summed E-state index contributed by atoms with van der Waals surface area (Å²) < 4.78 is 44.7. The fourth-order valence-corrected chi connectivity index (χ4v) is 2.95. The molecule has 1 aliphatic heterocycles. The Morgan fingerprint density at radius 1 is 1.31 bits per heavy atom. The molecule has 0 saturated carbocycles. The van der Waals surface area contributed by atoms with Crippen molar-refractivity contribution >= 4 is 27.6 Å². The Morgan fingerprint density at radius 3 is 2.85 bits per heavy atom. The second-order valence-electron chi connectivity index (χ2n) is 5.77. The molecule has 0 bridgehead atoms. The Labute approximate surface area is 156 Å². The normalized spacial score (nSPS) is 17.2. The van der Waals surface area contributed by atoms with Crippen molar-refractivity contribution in [3.63, 3.8) is 0 Å². The monoisotopic (exact) mass is 429 g/mol. The zero-order valence-corrected chi connectivity index (χ0v) is 15.0. The van der Waals surface area contributed by atoms with E-state index in [2.05, 4.69) is 26.2 Å². The van der Waals surface area contributed by atoms with E-state index in [1.807, 2.05) is 0 Å². The Morgan fingerprint density at radius 2 is 2.12 bits per heavy atom. The molecule has 26 heavy (non-hydrogen) atoms. The summed E-state index contributed by atoms with van der Waals surface area (Å²) in [6, 6.07) is 7.65. The maximum Gasteiger partial charge on any atom is 0.416 e. The van der Waals surface area contributed by atoms with Gasteiger partial charge in [0.1, 0.15) is 6.10 Å². The van der Waals surface area contributed by atoms with Gasteiger partial charge in [0.15, 0.2) is 0 Å². The first-order chi connectivity index (χ1) is 12.3. The van der Waals surface area contributed by atoms with Crippen molar-refractivity contribution in [3.8, 4) is 5.88 Å². The highest BCUT2D eigenvalue weighted by molar-refractivity contribution is 9.10. The van der Waals surface area contributed by atoms with Gasteiger partial charge in [0, 0.05) is 24.8 Å². The van der Waals surface area contributed by atoms with Gasteiger partial charge in [-0.1, -0.05) is 6.07 Å². The largest absolute Gasteiger partial charge is 0.472 e. The number of pyridine rings is 1. The summed E-state index contributed by atoms with van der Waals surface area (Å²) in [4.78, 5) is 17.9. The molecule has 0 aliphatic carbocycles. The molecule has 2 amide bonds. The Hall–Kier alpha value is -2.29. The van der Waals surface area contributed by atoms with E-state index < -0.39 is 17.8 Å². The quantitative estimate of drug-likeness (QED) is 0.778. The maximum atomic E-state index is 12.7. The van der Waals surface area contributed by atoms with E-state index in [-0.39, 0.29) is 11.8 Å². The van der Waals surface area contributed by atoms with E-state index in [0.717, 1.165) is 12.1 Å². The van der Waals surface area contributed by atoms with E-state index in [4.69, 9.17) is 4.74 Å². The Kier molecular flexibility index (Phi) is 5.36. The molecule has 1 aromatic carbocycles. The number of anilines is 1. The highest BCUT2D eigenvalue weighted by Gasteiger charge is 2.31. The Balaban J connectivity index is 1.59. The Bertz CT molecular complexity index is 801. The van der Waals surface area contributed by atoms with Gasteiger partial charge in [-0.2, -0.15) is 13.2 Å². The molecule has 1 fully saturated rings. The number of carbonyl (C=O) groups is 1. The predicted molar refractivity (Wildman–Crippen MR) is 93.0 cm³/mol. The molecule has 1 aliphatic rings. The number of benzene rings is 1. The number of likely N-dealkylation sites (tertiary alicyclic amines) is 1. The van der Waals surface area contributed by atoms with Gasteiger partial charge in [-0.15, -0.1) is 0 Å². The van der Waals surface area contributed by atoms with Gasteiger partial charge < -0.3 is 15.0 Å². The van der Waals surface area contributed by atoms with E-state index in [1.165, 1.54) is 17.0 Å². The third-order valence-corrected chi connectivity index (χ3v) is 4.48.